The Kier molecular flexibility index (Phi) is 6.40. The number of pyridine rings is 1. The largest absolute Gasteiger partial charge is 0.573 e. The summed E-state index contributed by atoms with van der Waals surface area (Å²) < 4.78 is 48.4. The second kappa shape index (κ2) is 9.16. The molecule has 0 unspecified atom stereocenters. The van der Waals surface area contributed by atoms with E-state index in [1.165, 1.54) is 24.3 Å². The van der Waals surface area contributed by atoms with Gasteiger partial charge in [0.05, 0.1) is 17.2 Å². The van der Waals surface area contributed by atoms with Crippen LogP contribution in [0.3, 0.4) is 0 Å². The molecular formula is C25H26F3N3O4. The maximum atomic E-state index is 13.1. The van der Waals surface area contributed by atoms with Crippen molar-refractivity contribution in [1.29, 1.82) is 0 Å². The summed E-state index contributed by atoms with van der Waals surface area (Å²) in [6.45, 7) is 5.70. The van der Waals surface area contributed by atoms with Crippen LogP contribution in [0, 0.1) is 6.92 Å². The number of halogens is 3. The maximum Gasteiger partial charge on any atom is 0.573 e. The highest BCUT2D eigenvalue weighted by atomic mass is 19.4. The van der Waals surface area contributed by atoms with E-state index in [4.69, 9.17) is 4.74 Å². The molecule has 0 saturated carbocycles. The molecule has 0 radical (unpaired) electrons. The van der Waals surface area contributed by atoms with Crippen molar-refractivity contribution in [2.24, 2.45) is 0 Å². The number of carbonyl (C=O) groups is 1. The van der Waals surface area contributed by atoms with Crippen molar-refractivity contribution < 1.29 is 27.4 Å². The second-order valence-corrected chi connectivity index (χ2v) is 8.64. The van der Waals surface area contributed by atoms with Crippen LogP contribution < -0.4 is 25.7 Å². The topological polar surface area (TPSA) is 92.5 Å². The molecule has 3 N–H and O–H groups in total. The minimum atomic E-state index is -4.83. The Hall–Kier alpha value is -3.69. The van der Waals surface area contributed by atoms with Crippen LogP contribution >= 0.6 is 0 Å². The van der Waals surface area contributed by atoms with E-state index in [9.17, 15) is 22.8 Å². The van der Waals surface area contributed by atoms with E-state index >= 15 is 0 Å². The summed E-state index contributed by atoms with van der Waals surface area (Å²) >= 11 is 0. The molecule has 1 atom stereocenters. The van der Waals surface area contributed by atoms with Crippen LogP contribution in [0.1, 0.15) is 50.3 Å². The van der Waals surface area contributed by atoms with Gasteiger partial charge in [-0.05, 0) is 49.6 Å². The fourth-order valence-corrected chi connectivity index (χ4v) is 4.47. The van der Waals surface area contributed by atoms with Crippen LogP contribution in [0.5, 0.6) is 11.5 Å². The van der Waals surface area contributed by atoms with Gasteiger partial charge >= 0.3 is 12.4 Å². The first-order valence-corrected chi connectivity index (χ1v) is 11.3. The average Bonchev–Trinajstić information content (AvgIpc) is 2.79. The first kappa shape index (κ1) is 24.4. The van der Waals surface area contributed by atoms with Gasteiger partial charge in [0, 0.05) is 29.5 Å². The standard InChI is InChI=1S/C25H26F3N3O4/c1-4-24(5-2)13-19(16-8-7-15(12-20(16)35-24)34-25(26,27)28)30-23(33)31-22-14(3)6-10-18-17(22)9-11-21(32)29-18/h6-12,19H,4-5,13H2,1-3H3,(H,29,32)(H2,30,31,33)/t19-/m1/s1. The van der Waals surface area contributed by atoms with Gasteiger partial charge < -0.3 is 25.1 Å². The predicted octanol–water partition coefficient (Wildman–Crippen LogP) is 5.94. The molecule has 1 aliphatic heterocycles. The quantitative estimate of drug-likeness (QED) is 0.414. The number of nitrogens with one attached hydrogen (secondary N) is 3. The van der Waals surface area contributed by atoms with Crippen LogP contribution in [0.4, 0.5) is 23.7 Å². The summed E-state index contributed by atoms with van der Waals surface area (Å²) in [6.07, 6.45) is -3.18. The SMILES string of the molecule is CCC1(CC)C[C@@H](NC(=O)Nc2c(C)ccc3[nH]c(=O)ccc23)c2ccc(OC(F)(F)F)cc2O1. The molecule has 186 valence electrons. The smallest absolute Gasteiger partial charge is 0.487 e. The average molecular weight is 489 g/mol. The summed E-state index contributed by atoms with van der Waals surface area (Å²) in [6, 6.07) is 9.48. The number of hydrogen-bond donors (Lipinski definition) is 3. The van der Waals surface area contributed by atoms with Crippen molar-refractivity contribution >= 4 is 22.6 Å². The number of rotatable bonds is 5. The first-order valence-electron chi connectivity index (χ1n) is 11.3. The highest BCUT2D eigenvalue weighted by molar-refractivity contribution is 6.01. The number of carbonyl (C=O) groups excluding carboxylic acids is 1. The van der Waals surface area contributed by atoms with E-state index in [1.54, 1.807) is 18.2 Å². The molecule has 0 aliphatic carbocycles. The number of fused-ring (bicyclic) bond motifs is 2. The fourth-order valence-electron chi connectivity index (χ4n) is 4.47. The van der Waals surface area contributed by atoms with Gasteiger partial charge in [0.1, 0.15) is 17.1 Å². The van der Waals surface area contributed by atoms with Crippen molar-refractivity contribution in [3.63, 3.8) is 0 Å². The molecule has 2 amide bonds. The number of amides is 2. The zero-order valence-electron chi connectivity index (χ0n) is 19.5. The fraction of sp³-hybridized carbons (Fsp3) is 0.360. The van der Waals surface area contributed by atoms with Gasteiger partial charge in [0.15, 0.2) is 0 Å². The maximum absolute atomic E-state index is 13.1. The van der Waals surface area contributed by atoms with Crippen LogP contribution in [0.15, 0.2) is 47.3 Å². The van der Waals surface area contributed by atoms with Crippen molar-refractivity contribution in [2.45, 2.75) is 58.0 Å². The van der Waals surface area contributed by atoms with Gasteiger partial charge in [0.2, 0.25) is 5.56 Å². The van der Waals surface area contributed by atoms with Gasteiger partial charge in [-0.1, -0.05) is 19.9 Å². The summed E-state index contributed by atoms with van der Waals surface area (Å²) in [5.41, 5.74) is 1.60. The van der Waals surface area contributed by atoms with E-state index in [0.29, 0.717) is 41.4 Å². The summed E-state index contributed by atoms with van der Waals surface area (Å²) in [5, 5.41) is 6.50. The number of alkyl halides is 3. The molecule has 1 aliphatic rings. The molecule has 1 aromatic heterocycles. The molecular weight excluding hydrogens is 463 g/mol. The molecule has 0 saturated heterocycles. The van der Waals surface area contributed by atoms with Crippen molar-refractivity contribution in [2.75, 3.05) is 5.32 Å². The summed E-state index contributed by atoms with van der Waals surface area (Å²) in [7, 11) is 0. The van der Waals surface area contributed by atoms with Gasteiger partial charge in [-0.3, -0.25) is 4.79 Å². The predicted molar refractivity (Wildman–Crippen MR) is 126 cm³/mol. The zero-order chi connectivity index (χ0) is 25.4. The zero-order valence-corrected chi connectivity index (χ0v) is 19.5. The lowest BCUT2D eigenvalue weighted by Crippen LogP contribution is -2.45. The van der Waals surface area contributed by atoms with Gasteiger partial charge in [-0.25, -0.2) is 4.79 Å². The Morgan fingerprint density at radius 2 is 1.91 bits per heavy atom. The number of anilines is 1. The molecule has 0 bridgehead atoms. The minimum Gasteiger partial charge on any atom is -0.487 e. The van der Waals surface area contributed by atoms with E-state index in [1.807, 2.05) is 20.8 Å². The molecule has 2 heterocycles. The molecule has 10 heteroatoms. The lowest BCUT2D eigenvalue weighted by molar-refractivity contribution is -0.274. The molecule has 7 nitrogen and oxygen atoms in total. The summed E-state index contributed by atoms with van der Waals surface area (Å²) in [5.74, 6) is -0.145. The normalized spacial score (nSPS) is 16.8. The monoisotopic (exact) mass is 489 g/mol. The number of aromatic nitrogens is 1. The lowest BCUT2D eigenvalue weighted by atomic mass is 9.83. The lowest BCUT2D eigenvalue weighted by Gasteiger charge is -2.41. The third-order valence-corrected chi connectivity index (χ3v) is 6.44. The number of aryl methyl sites for hydroxylation is 1. The Morgan fingerprint density at radius 3 is 2.60 bits per heavy atom. The molecule has 0 fully saturated rings. The summed E-state index contributed by atoms with van der Waals surface area (Å²) in [4.78, 5) is 27.5. The van der Waals surface area contributed by atoms with Crippen LogP contribution in [0.2, 0.25) is 0 Å². The van der Waals surface area contributed by atoms with Crippen molar-refractivity contribution in [1.82, 2.24) is 10.3 Å². The minimum absolute atomic E-state index is 0.242. The Morgan fingerprint density at radius 1 is 1.17 bits per heavy atom. The number of ether oxygens (including phenoxy) is 2. The van der Waals surface area contributed by atoms with Crippen molar-refractivity contribution in [3.05, 3.63) is 63.9 Å². The Bertz CT molecular complexity index is 1320. The van der Waals surface area contributed by atoms with Gasteiger partial charge in [0.25, 0.3) is 0 Å². The number of aromatic amines is 1. The van der Waals surface area contributed by atoms with E-state index in [2.05, 4.69) is 20.4 Å². The third-order valence-electron chi connectivity index (χ3n) is 6.44. The Labute approximate surface area is 199 Å². The molecule has 3 aromatic rings. The van der Waals surface area contributed by atoms with Gasteiger partial charge in [-0.15, -0.1) is 13.2 Å². The number of benzene rings is 2. The Balaban J connectivity index is 1.63. The van der Waals surface area contributed by atoms with E-state index in [-0.39, 0.29) is 17.1 Å². The third kappa shape index (κ3) is 5.21. The highest BCUT2D eigenvalue weighted by Crippen LogP contribution is 2.44. The van der Waals surface area contributed by atoms with Crippen molar-refractivity contribution in [3.8, 4) is 11.5 Å². The number of H-pyrrole nitrogens is 1. The molecule has 2 aromatic carbocycles. The van der Waals surface area contributed by atoms with E-state index in [0.717, 1.165) is 5.56 Å². The number of urea groups is 1. The van der Waals surface area contributed by atoms with Crippen LogP contribution in [0.25, 0.3) is 10.9 Å². The highest BCUT2D eigenvalue weighted by Gasteiger charge is 2.40. The van der Waals surface area contributed by atoms with Crippen LogP contribution in [-0.4, -0.2) is 23.0 Å². The van der Waals surface area contributed by atoms with Crippen LogP contribution in [-0.2, 0) is 0 Å². The van der Waals surface area contributed by atoms with E-state index < -0.39 is 24.0 Å². The molecule has 0 spiro atoms. The first-order chi connectivity index (χ1) is 16.5. The van der Waals surface area contributed by atoms with Gasteiger partial charge in [-0.2, -0.15) is 0 Å². The molecule has 4 rings (SSSR count). The molecule has 35 heavy (non-hydrogen) atoms. The number of hydrogen-bond acceptors (Lipinski definition) is 4. The second-order valence-electron chi connectivity index (χ2n) is 8.64.